The zero-order chi connectivity index (χ0) is 14.9. The van der Waals surface area contributed by atoms with E-state index in [1.807, 2.05) is 17.5 Å². The minimum atomic E-state index is -3.48. The van der Waals surface area contributed by atoms with Crippen molar-refractivity contribution in [2.24, 2.45) is 0 Å². The fraction of sp³-hybridized carbons (Fsp3) is 0.286. The maximum absolute atomic E-state index is 12.4. The highest BCUT2D eigenvalue weighted by atomic mass is 79.9. The number of thiophene rings is 1. The largest absolute Gasteiger partial charge is 0.385 e. The molecule has 0 spiro atoms. The number of hydrogen-bond acceptors (Lipinski definition) is 4. The normalized spacial score (nSPS) is 14.5. The van der Waals surface area contributed by atoms with Crippen molar-refractivity contribution in [2.45, 2.75) is 24.3 Å². The lowest BCUT2D eigenvalue weighted by molar-refractivity contribution is 0.581. The van der Waals surface area contributed by atoms with E-state index >= 15 is 0 Å². The van der Waals surface area contributed by atoms with Gasteiger partial charge in [0.15, 0.2) is 0 Å². The van der Waals surface area contributed by atoms with Crippen LogP contribution in [0.5, 0.6) is 0 Å². The van der Waals surface area contributed by atoms with Crippen molar-refractivity contribution in [1.29, 1.82) is 0 Å². The van der Waals surface area contributed by atoms with Gasteiger partial charge in [-0.2, -0.15) is 0 Å². The van der Waals surface area contributed by atoms with Crippen LogP contribution in [-0.4, -0.2) is 15.0 Å². The van der Waals surface area contributed by atoms with Crippen molar-refractivity contribution in [3.63, 3.8) is 0 Å². The molecule has 2 aromatic rings. The highest BCUT2D eigenvalue weighted by Gasteiger charge is 2.17. The molecule has 0 unspecified atom stereocenters. The van der Waals surface area contributed by atoms with Crippen molar-refractivity contribution >= 4 is 43.0 Å². The quantitative estimate of drug-likeness (QED) is 0.846. The molecular weight excluding hydrogens is 372 g/mol. The highest BCUT2D eigenvalue weighted by Crippen LogP contribution is 2.25. The average molecular weight is 387 g/mol. The standard InChI is InChI=1S/C14H15BrN2O2S2/c15-11-6-12(20-9-11)8-17-21(18,19)13-4-3-10-2-1-5-16-14(10)7-13/h3-4,6-7,9,16-17H,1-2,5,8H2. The molecule has 0 aliphatic carbocycles. The topological polar surface area (TPSA) is 58.2 Å². The average Bonchev–Trinajstić information content (AvgIpc) is 2.90. The van der Waals surface area contributed by atoms with Crippen LogP contribution < -0.4 is 10.0 Å². The van der Waals surface area contributed by atoms with E-state index in [2.05, 4.69) is 26.0 Å². The molecule has 1 aliphatic heterocycles. The van der Waals surface area contributed by atoms with Gasteiger partial charge in [-0.25, -0.2) is 13.1 Å². The first-order valence-electron chi connectivity index (χ1n) is 6.64. The van der Waals surface area contributed by atoms with Gasteiger partial charge in [0.1, 0.15) is 0 Å². The van der Waals surface area contributed by atoms with Crippen LogP contribution >= 0.6 is 27.3 Å². The van der Waals surface area contributed by atoms with E-state index in [0.29, 0.717) is 11.4 Å². The number of fused-ring (bicyclic) bond motifs is 1. The molecule has 0 radical (unpaired) electrons. The van der Waals surface area contributed by atoms with Crippen molar-refractivity contribution in [3.05, 3.63) is 44.6 Å². The minimum Gasteiger partial charge on any atom is -0.385 e. The third kappa shape index (κ3) is 3.48. The van der Waals surface area contributed by atoms with Crippen molar-refractivity contribution in [3.8, 4) is 0 Å². The second kappa shape index (κ2) is 6.08. The van der Waals surface area contributed by atoms with Gasteiger partial charge in [0.2, 0.25) is 10.0 Å². The first-order valence-corrected chi connectivity index (χ1v) is 9.79. The predicted octanol–water partition coefficient (Wildman–Crippen LogP) is 3.35. The molecule has 21 heavy (non-hydrogen) atoms. The zero-order valence-electron chi connectivity index (χ0n) is 11.2. The molecule has 7 heteroatoms. The molecule has 2 heterocycles. The Morgan fingerprint density at radius 1 is 1.33 bits per heavy atom. The van der Waals surface area contributed by atoms with Gasteiger partial charge in [-0.15, -0.1) is 11.3 Å². The van der Waals surface area contributed by atoms with Gasteiger partial charge in [-0.3, -0.25) is 0 Å². The Bertz CT molecular complexity index is 756. The van der Waals surface area contributed by atoms with Gasteiger partial charge in [0.05, 0.1) is 4.90 Å². The van der Waals surface area contributed by atoms with Crippen LogP contribution in [-0.2, 0) is 23.0 Å². The number of hydrogen-bond donors (Lipinski definition) is 2. The monoisotopic (exact) mass is 386 g/mol. The second-order valence-electron chi connectivity index (χ2n) is 4.91. The number of benzene rings is 1. The number of halogens is 1. The number of rotatable bonds is 4. The van der Waals surface area contributed by atoms with Crippen molar-refractivity contribution < 1.29 is 8.42 Å². The summed E-state index contributed by atoms with van der Waals surface area (Å²) >= 11 is 4.89. The van der Waals surface area contributed by atoms with Crippen molar-refractivity contribution in [1.82, 2.24) is 4.72 Å². The van der Waals surface area contributed by atoms with E-state index < -0.39 is 10.0 Å². The van der Waals surface area contributed by atoms with Crippen LogP contribution in [0.15, 0.2) is 39.0 Å². The molecule has 112 valence electrons. The van der Waals surface area contributed by atoms with Gasteiger partial charge >= 0.3 is 0 Å². The third-order valence-electron chi connectivity index (χ3n) is 3.39. The molecular formula is C14H15BrN2O2S2. The van der Waals surface area contributed by atoms with E-state index in [0.717, 1.165) is 34.4 Å². The Labute approximate surface area is 136 Å². The summed E-state index contributed by atoms with van der Waals surface area (Å²) in [5.74, 6) is 0. The Morgan fingerprint density at radius 3 is 2.95 bits per heavy atom. The van der Waals surface area contributed by atoms with Gasteiger partial charge in [0.25, 0.3) is 0 Å². The Balaban J connectivity index is 1.78. The van der Waals surface area contributed by atoms with E-state index in [1.165, 1.54) is 16.9 Å². The SMILES string of the molecule is O=S(=O)(NCc1cc(Br)cs1)c1ccc2c(c1)NCCC2. The molecule has 0 bridgehead atoms. The first-order chi connectivity index (χ1) is 10.0. The number of aryl methyl sites for hydroxylation is 1. The molecule has 0 atom stereocenters. The Kier molecular flexibility index (Phi) is 4.35. The number of nitrogens with one attached hydrogen (secondary N) is 2. The molecule has 1 aliphatic rings. The summed E-state index contributed by atoms with van der Waals surface area (Å²) in [4.78, 5) is 1.29. The van der Waals surface area contributed by atoms with Crippen LogP contribution in [0.1, 0.15) is 16.9 Å². The van der Waals surface area contributed by atoms with E-state index in [9.17, 15) is 8.42 Å². The number of sulfonamides is 1. The maximum atomic E-state index is 12.4. The molecule has 1 aromatic heterocycles. The van der Waals surface area contributed by atoms with Crippen LogP contribution in [0.4, 0.5) is 5.69 Å². The van der Waals surface area contributed by atoms with E-state index in [-0.39, 0.29) is 0 Å². The fourth-order valence-electron chi connectivity index (χ4n) is 2.30. The van der Waals surface area contributed by atoms with Gasteiger partial charge in [-0.1, -0.05) is 6.07 Å². The van der Waals surface area contributed by atoms with Crippen molar-refractivity contribution in [2.75, 3.05) is 11.9 Å². The predicted molar refractivity (Wildman–Crippen MR) is 89.3 cm³/mol. The van der Waals surface area contributed by atoms with Gasteiger partial charge in [-0.05, 0) is 52.5 Å². The number of anilines is 1. The summed E-state index contributed by atoms with van der Waals surface area (Å²) in [5.41, 5.74) is 2.12. The molecule has 4 nitrogen and oxygen atoms in total. The molecule has 0 saturated heterocycles. The zero-order valence-corrected chi connectivity index (χ0v) is 14.4. The summed E-state index contributed by atoms with van der Waals surface area (Å²) in [6, 6.07) is 7.22. The molecule has 0 fully saturated rings. The fourth-order valence-corrected chi connectivity index (χ4v) is 4.82. The third-order valence-corrected chi connectivity index (χ3v) is 6.48. The minimum absolute atomic E-state index is 0.309. The van der Waals surface area contributed by atoms with Gasteiger partial charge < -0.3 is 5.32 Å². The summed E-state index contributed by atoms with van der Waals surface area (Å²) in [5, 5.41) is 5.19. The molecule has 3 rings (SSSR count). The smallest absolute Gasteiger partial charge is 0.240 e. The molecule has 2 N–H and O–H groups in total. The molecule has 0 amide bonds. The van der Waals surface area contributed by atoms with Crippen LogP contribution in [0, 0.1) is 0 Å². The van der Waals surface area contributed by atoms with Crippen LogP contribution in [0.25, 0.3) is 0 Å². The lowest BCUT2D eigenvalue weighted by Gasteiger charge is -2.18. The Hall–Kier alpha value is -0.890. The summed E-state index contributed by atoms with van der Waals surface area (Å²) in [6.07, 6.45) is 2.09. The van der Waals surface area contributed by atoms with E-state index in [1.54, 1.807) is 12.1 Å². The molecule has 0 saturated carbocycles. The van der Waals surface area contributed by atoms with E-state index in [4.69, 9.17) is 0 Å². The second-order valence-corrected chi connectivity index (χ2v) is 8.58. The van der Waals surface area contributed by atoms with Crippen LogP contribution in [0.3, 0.4) is 0 Å². The highest BCUT2D eigenvalue weighted by molar-refractivity contribution is 9.10. The lowest BCUT2D eigenvalue weighted by Crippen LogP contribution is -2.23. The van der Waals surface area contributed by atoms with Crippen LogP contribution in [0.2, 0.25) is 0 Å². The summed E-state index contributed by atoms with van der Waals surface area (Å²) < 4.78 is 28.3. The van der Waals surface area contributed by atoms with Gasteiger partial charge in [0, 0.05) is 33.5 Å². The Morgan fingerprint density at radius 2 is 2.19 bits per heavy atom. The summed E-state index contributed by atoms with van der Waals surface area (Å²) in [6.45, 7) is 1.20. The molecule has 1 aromatic carbocycles. The maximum Gasteiger partial charge on any atom is 0.240 e. The lowest BCUT2D eigenvalue weighted by atomic mass is 10.0. The first kappa shape index (κ1) is 15.0. The summed E-state index contributed by atoms with van der Waals surface area (Å²) in [7, 11) is -3.48.